The van der Waals surface area contributed by atoms with Gasteiger partial charge in [-0.15, -0.1) is 0 Å². The van der Waals surface area contributed by atoms with Crippen LogP contribution in [0.5, 0.6) is 0 Å². The molecule has 1 N–H and O–H groups in total. The van der Waals surface area contributed by atoms with Gasteiger partial charge >= 0.3 is 0 Å². The first kappa shape index (κ1) is 22.0. The van der Waals surface area contributed by atoms with E-state index >= 15 is 0 Å². The summed E-state index contributed by atoms with van der Waals surface area (Å²) in [5, 5.41) is 1.98. The molecule has 0 radical (unpaired) electrons. The lowest BCUT2D eigenvalue weighted by Crippen LogP contribution is -2.31. The molecule has 1 unspecified atom stereocenters. The van der Waals surface area contributed by atoms with Gasteiger partial charge in [0.15, 0.2) is 9.84 Å². The molecule has 0 saturated heterocycles. The van der Waals surface area contributed by atoms with Crippen molar-refractivity contribution in [3.63, 3.8) is 0 Å². The molecule has 2 aromatic carbocycles. The molecule has 0 aromatic heterocycles. The number of benzene rings is 2. The minimum atomic E-state index is -3.64. The first-order chi connectivity index (χ1) is 14.2. The van der Waals surface area contributed by atoms with Crippen LogP contribution in [0.2, 0.25) is 0 Å². The Morgan fingerprint density at radius 1 is 1.13 bits per heavy atom. The van der Waals surface area contributed by atoms with Gasteiger partial charge in [0.05, 0.1) is 10.1 Å². The van der Waals surface area contributed by atoms with E-state index in [-0.39, 0.29) is 23.1 Å². The highest BCUT2D eigenvalue weighted by atomic mass is 32.2. The molecule has 160 valence electrons. The fraction of sp³-hybridized carbons (Fsp3) is 0.391. The van der Waals surface area contributed by atoms with Crippen molar-refractivity contribution in [3.05, 3.63) is 59.2 Å². The van der Waals surface area contributed by atoms with Gasteiger partial charge in [0.1, 0.15) is 0 Å². The van der Waals surface area contributed by atoms with Crippen LogP contribution < -0.4 is 10.2 Å². The van der Waals surface area contributed by atoms with E-state index in [2.05, 4.69) is 5.32 Å². The summed E-state index contributed by atoms with van der Waals surface area (Å²) in [6, 6.07) is 13.0. The zero-order chi connectivity index (χ0) is 21.9. The maximum atomic E-state index is 12.9. The van der Waals surface area contributed by atoms with Gasteiger partial charge in [-0.25, -0.2) is 8.42 Å². The standard InChI is InChI=1S/C23H28N2O4S/c1-16-4-6-19(7-5-16)10-12-24-23(27)14-17(2)30(28,29)21-8-9-22-20(15-21)11-13-25(22)18(3)26/h4-9,15,17H,10-14H2,1-3H3,(H,24,27). The summed E-state index contributed by atoms with van der Waals surface area (Å²) >= 11 is 0. The lowest BCUT2D eigenvalue weighted by atomic mass is 10.1. The zero-order valence-corrected chi connectivity index (χ0v) is 18.5. The minimum absolute atomic E-state index is 0.0555. The van der Waals surface area contributed by atoms with Crippen molar-refractivity contribution in [3.8, 4) is 0 Å². The SMILES string of the molecule is CC(=O)N1CCc2cc(S(=O)(=O)C(C)CC(=O)NCCc3ccc(C)cc3)ccc21. The first-order valence-electron chi connectivity index (χ1n) is 10.2. The van der Waals surface area contributed by atoms with E-state index in [1.807, 2.05) is 31.2 Å². The van der Waals surface area contributed by atoms with Crippen LogP contribution in [0.3, 0.4) is 0 Å². The number of anilines is 1. The Bertz CT molecular complexity index is 1050. The van der Waals surface area contributed by atoms with Gasteiger partial charge in [-0.05, 0) is 56.0 Å². The second-order valence-electron chi connectivity index (χ2n) is 7.86. The maximum absolute atomic E-state index is 12.9. The molecule has 1 aliphatic heterocycles. The van der Waals surface area contributed by atoms with E-state index in [1.165, 1.54) is 18.6 Å². The molecule has 30 heavy (non-hydrogen) atoms. The molecule has 6 nitrogen and oxygen atoms in total. The molecule has 3 rings (SSSR count). The van der Waals surface area contributed by atoms with Gasteiger partial charge in [-0.3, -0.25) is 9.59 Å². The predicted octanol–water partition coefficient (Wildman–Crippen LogP) is 2.82. The smallest absolute Gasteiger partial charge is 0.223 e. The molecule has 0 bridgehead atoms. The van der Waals surface area contributed by atoms with Crippen molar-refractivity contribution in [1.29, 1.82) is 0 Å². The van der Waals surface area contributed by atoms with Gasteiger partial charge in [0.25, 0.3) is 0 Å². The molecule has 2 amide bonds. The summed E-state index contributed by atoms with van der Waals surface area (Å²) in [7, 11) is -3.64. The van der Waals surface area contributed by atoms with E-state index in [9.17, 15) is 18.0 Å². The van der Waals surface area contributed by atoms with Gasteiger partial charge in [0, 0.05) is 32.1 Å². The third-order valence-electron chi connectivity index (χ3n) is 5.51. The predicted molar refractivity (Wildman–Crippen MR) is 117 cm³/mol. The molecule has 0 saturated carbocycles. The fourth-order valence-corrected chi connectivity index (χ4v) is 5.06. The monoisotopic (exact) mass is 428 g/mol. The third-order valence-corrected chi connectivity index (χ3v) is 7.65. The molecule has 0 fully saturated rings. The summed E-state index contributed by atoms with van der Waals surface area (Å²) in [5.41, 5.74) is 3.92. The molecular weight excluding hydrogens is 400 g/mol. The Morgan fingerprint density at radius 2 is 1.83 bits per heavy atom. The summed E-state index contributed by atoms with van der Waals surface area (Å²) in [6.07, 6.45) is 1.24. The van der Waals surface area contributed by atoms with E-state index in [1.54, 1.807) is 24.0 Å². The van der Waals surface area contributed by atoms with Crippen LogP contribution in [0.15, 0.2) is 47.4 Å². The number of amides is 2. The Morgan fingerprint density at radius 3 is 2.50 bits per heavy atom. The summed E-state index contributed by atoms with van der Waals surface area (Å²) in [6.45, 7) is 6.11. The van der Waals surface area contributed by atoms with Crippen LogP contribution >= 0.6 is 0 Å². The highest BCUT2D eigenvalue weighted by molar-refractivity contribution is 7.92. The summed E-state index contributed by atoms with van der Waals surface area (Å²) in [5.74, 6) is -0.331. The number of fused-ring (bicyclic) bond motifs is 1. The average molecular weight is 429 g/mol. The van der Waals surface area contributed by atoms with E-state index < -0.39 is 15.1 Å². The molecule has 1 heterocycles. The average Bonchev–Trinajstić information content (AvgIpc) is 3.13. The van der Waals surface area contributed by atoms with Crippen LogP contribution in [-0.4, -0.2) is 38.6 Å². The number of rotatable bonds is 7. The summed E-state index contributed by atoms with van der Waals surface area (Å²) in [4.78, 5) is 25.8. The van der Waals surface area contributed by atoms with Crippen LogP contribution in [0.25, 0.3) is 0 Å². The number of carbonyl (C=O) groups excluding carboxylic acids is 2. The Labute approximate surface area is 178 Å². The molecule has 0 aliphatic carbocycles. The zero-order valence-electron chi connectivity index (χ0n) is 17.6. The molecule has 2 aromatic rings. The van der Waals surface area contributed by atoms with E-state index in [4.69, 9.17) is 0 Å². The largest absolute Gasteiger partial charge is 0.356 e. The number of hydrogen-bond donors (Lipinski definition) is 1. The lowest BCUT2D eigenvalue weighted by molar-refractivity contribution is -0.121. The maximum Gasteiger partial charge on any atom is 0.223 e. The van der Waals surface area contributed by atoms with Crippen LogP contribution in [0.4, 0.5) is 5.69 Å². The lowest BCUT2D eigenvalue weighted by Gasteiger charge is -2.16. The number of nitrogens with one attached hydrogen (secondary N) is 1. The van der Waals surface area contributed by atoms with Crippen molar-refractivity contribution < 1.29 is 18.0 Å². The van der Waals surface area contributed by atoms with Crippen LogP contribution in [0, 0.1) is 6.92 Å². The molecule has 1 aliphatic rings. The topological polar surface area (TPSA) is 83.6 Å². The quantitative estimate of drug-likeness (QED) is 0.735. The molecular formula is C23H28N2O4S. The number of nitrogens with zero attached hydrogens (tertiary/aromatic N) is 1. The van der Waals surface area contributed by atoms with Crippen molar-refractivity contribution in [2.24, 2.45) is 0 Å². The van der Waals surface area contributed by atoms with Crippen molar-refractivity contribution in [2.45, 2.75) is 50.2 Å². The van der Waals surface area contributed by atoms with Gasteiger partial charge in [0.2, 0.25) is 11.8 Å². The molecule has 7 heteroatoms. The van der Waals surface area contributed by atoms with Crippen molar-refractivity contribution >= 4 is 27.3 Å². The second kappa shape index (κ2) is 9.00. The van der Waals surface area contributed by atoms with E-state index in [0.29, 0.717) is 25.9 Å². The number of hydrogen-bond acceptors (Lipinski definition) is 4. The summed E-state index contributed by atoms with van der Waals surface area (Å²) < 4.78 is 25.9. The van der Waals surface area contributed by atoms with Crippen LogP contribution in [0.1, 0.15) is 37.0 Å². The highest BCUT2D eigenvalue weighted by Crippen LogP contribution is 2.31. The van der Waals surface area contributed by atoms with Gasteiger partial charge < -0.3 is 10.2 Å². The first-order valence-corrected chi connectivity index (χ1v) is 11.7. The second-order valence-corrected chi connectivity index (χ2v) is 10.2. The minimum Gasteiger partial charge on any atom is -0.356 e. The number of carbonyl (C=O) groups is 2. The third kappa shape index (κ3) is 4.90. The Hall–Kier alpha value is -2.67. The van der Waals surface area contributed by atoms with Crippen molar-refractivity contribution in [1.82, 2.24) is 5.32 Å². The van der Waals surface area contributed by atoms with Gasteiger partial charge in [-0.2, -0.15) is 0 Å². The van der Waals surface area contributed by atoms with Gasteiger partial charge in [-0.1, -0.05) is 29.8 Å². The molecule has 1 atom stereocenters. The normalized spacial score (nSPS) is 14.3. The fourth-order valence-electron chi connectivity index (χ4n) is 3.66. The number of sulfone groups is 1. The Balaban J connectivity index is 1.59. The molecule has 0 spiro atoms. The van der Waals surface area contributed by atoms with E-state index in [0.717, 1.165) is 16.8 Å². The van der Waals surface area contributed by atoms with Crippen LogP contribution in [-0.2, 0) is 32.3 Å². The highest BCUT2D eigenvalue weighted by Gasteiger charge is 2.29. The Kier molecular flexibility index (Phi) is 6.61. The number of aryl methyl sites for hydroxylation is 1. The van der Waals surface area contributed by atoms with Crippen molar-refractivity contribution in [2.75, 3.05) is 18.0 Å².